The van der Waals surface area contributed by atoms with E-state index in [1.54, 1.807) is 6.92 Å². The van der Waals surface area contributed by atoms with Crippen molar-refractivity contribution < 1.29 is 14.6 Å². The molecular weight excluding hydrogens is 204 g/mol. The number of ether oxygens (including phenoxy) is 1. The van der Waals surface area contributed by atoms with Crippen LogP contribution in [0.25, 0.3) is 0 Å². The Balaban J connectivity index is 0.000000288. The number of esters is 1. The lowest BCUT2D eigenvalue weighted by atomic mass is 10.2. The molecule has 0 atom stereocenters. The van der Waals surface area contributed by atoms with Crippen molar-refractivity contribution in [1.82, 2.24) is 0 Å². The van der Waals surface area contributed by atoms with E-state index in [9.17, 15) is 4.79 Å². The fraction of sp³-hybridized carbons (Fsp3) is 0.308. The van der Waals surface area contributed by atoms with Crippen molar-refractivity contribution in [3.8, 4) is 0 Å². The van der Waals surface area contributed by atoms with E-state index in [1.807, 2.05) is 18.2 Å². The van der Waals surface area contributed by atoms with Crippen molar-refractivity contribution in [3.05, 3.63) is 48.0 Å². The third-order valence-corrected chi connectivity index (χ3v) is 1.70. The highest BCUT2D eigenvalue weighted by molar-refractivity contribution is 5.87. The third kappa shape index (κ3) is 6.79. The van der Waals surface area contributed by atoms with Crippen LogP contribution in [0, 0.1) is 6.92 Å². The first-order chi connectivity index (χ1) is 7.61. The molecule has 0 aliphatic heterocycles. The summed E-state index contributed by atoms with van der Waals surface area (Å²) in [6.45, 7) is 7.03. The molecule has 0 spiro atoms. The van der Waals surface area contributed by atoms with Crippen LogP contribution >= 0.6 is 0 Å². The van der Waals surface area contributed by atoms with Crippen LogP contribution in [0.5, 0.6) is 0 Å². The van der Waals surface area contributed by atoms with Crippen molar-refractivity contribution >= 4 is 5.97 Å². The molecule has 3 nitrogen and oxygen atoms in total. The second-order valence-electron chi connectivity index (χ2n) is 3.14. The Bertz CT molecular complexity index is 317. The molecule has 1 aromatic rings. The first kappa shape index (κ1) is 14.4. The van der Waals surface area contributed by atoms with E-state index in [4.69, 9.17) is 5.11 Å². The van der Waals surface area contributed by atoms with E-state index in [0.29, 0.717) is 6.61 Å². The maximum atomic E-state index is 10.5. The zero-order valence-electron chi connectivity index (χ0n) is 9.77. The Hall–Kier alpha value is -1.61. The van der Waals surface area contributed by atoms with Crippen LogP contribution in [-0.4, -0.2) is 24.3 Å². The lowest BCUT2D eigenvalue weighted by molar-refractivity contribution is -0.138. The fourth-order valence-corrected chi connectivity index (χ4v) is 0.832. The zero-order chi connectivity index (χ0) is 12.4. The van der Waals surface area contributed by atoms with Gasteiger partial charge in [-0.15, -0.1) is 0 Å². The van der Waals surface area contributed by atoms with Gasteiger partial charge >= 0.3 is 5.97 Å². The van der Waals surface area contributed by atoms with Crippen LogP contribution in [0.1, 0.15) is 12.5 Å². The minimum atomic E-state index is -0.528. The summed E-state index contributed by atoms with van der Waals surface area (Å²) < 4.78 is 4.50. The Labute approximate surface area is 96.4 Å². The molecule has 0 aliphatic rings. The highest BCUT2D eigenvalue weighted by Crippen LogP contribution is 1.92. The molecule has 0 saturated heterocycles. The molecule has 0 fully saturated rings. The van der Waals surface area contributed by atoms with Gasteiger partial charge in [-0.3, -0.25) is 0 Å². The van der Waals surface area contributed by atoms with Crippen molar-refractivity contribution in [2.75, 3.05) is 13.2 Å². The summed E-state index contributed by atoms with van der Waals surface area (Å²) in [5.41, 5.74) is 1.42. The van der Waals surface area contributed by atoms with Crippen LogP contribution in [0.15, 0.2) is 42.5 Å². The maximum absolute atomic E-state index is 10.5. The molecule has 0 amide bonds. The SMILES string of the molecule is C=C(CO)C(=O)OCC.Cc1ccccc1. The molecule has 0 bridgehead atoms. The summed E-state index contributed by atoms with van der Waals surface area (Å²) in [6.07, 6.45) is 0. The van der Waals surface area contributed by atoms with Gasteiger partial charge in [0.1, 0.15) is 0 Å². The van der Waals surface area contributed by atoms with Gasteiger partial charge in [-0.05, 0) is 13.8 Å². The Morgan fingerprint density at radius 1 is 1.38 bits per heavy atom. The van der Waals surface area contributed by atoms with Crippen molar-refractivity contribution in [1.29, 1.82) is 0 Å². The normalized spacial score (nSPS) is 8.69. The molecular formula is C13H18O3. The molecule has 16 heavy (non-hydrogen) atoms. The van der Waals surface area contributed by atoms with Gasteiger partial charge in [-0.1, -0.05) is 42.5 Å². The van der Waals surface area contributed by atoms with Gasteiger partial charge in [0, 0.05) is 0 Å². The van der Waals surface area contributed by atoms with Gasteiger partial charge in [0.2, 0.25) is 0 Å². The smallest absolute Gasteiger partial charge is 0.335 e. The maximum Gasteiger partial charge on any atom is 0.335 e. The van der Waals surface area contributed by atoms with Crippen molar-refractivity contribution in [2.45, 2.75) is 13.8 Å². The summed E-state index contributed by atoms with van der Waals surface area (Å²) in [4.78, 5) is 10.5. The molecule has 0 radical (unpaired) electrons. The highest BCUT2D eigenvalue weighted by atomic mass is 16.5. The van der Waals surface area contributed by atoms with Crippen molar-refractivity contribution in [2.24, 2.45) is 0 Å². The lowest BCUT2D eigenvalue weighted by Crippen LogP contribution is -2.08. The number of hydrogen-bond acceptors (Lipinski definition) is 3. The van der Waals surface area contributed by atoms with Gasteiger partial charge in [0.15, 0.2) is 0 Å². The van der Waals surface area contributed by atoms with Crippen LogP contribution in [-0.2, 0) is 9.53 Å². The quantitative estimate of drug-likeness (QED) is 0.629. The number of benzene rings is 1. The molecule has 1 rings (SSSR count). The second kappa shape index (κ2) is 8.68. The van der Waals surface area contributed by atoms with E-state index in [2.05, 4.69) is 30.4 Å². The molecule has 0 unspecified atom stereocenters. The molecule has 1 aromatic carbocycles. The lowest BCUT2D eigenvalue weighted by Gasteiger charge is -1.99. The Morgan fingerprint density at radius 2 is 1.94 bits per heavy atom. The Morgan fingerprint density at radius 3 is 2.25 bits per heavy atom. The highest BCUT2D eigenvalue weighted by Gasteiger charge is 2.03. The third-order valence-electron chi connectivity index (χ3n) is 1.70. The van der Waals surface area contributed by atoms with E-state index in [-0.39, 0.29) is 12.2 Å². The average molecular weight is 222 g/mol. The van der Waals surface area contributed by atoms with E-state index in [1.165, 1.54) is 5.56 Å². The van der Waals surface area contributed by atoms with Gasteiger partial charge < -0.3 is 9.84 Å². The molecule has 1 N–H and O–H groups in total. The van der Waals surface area contributed by atoms with Crippen LogP contribution in [0.2, 0.25) is 0 Å². The van der Waals surface area contributed by atoms with Gasteiger partial charge in [-0.25, -0.2) is 4.79 Å². The zero-order valence-corrected chi connectivity index (χ0v) is 9.77. The molecule has 0 saturated carbocycles. The fourth-order valence-electron chi connectivity index (χ4n) is 0.832. The summed E-state index contributed by atoms with van der Waals surface area (Å²) in [5.74, 6) is -0.528. The molecule has 3 heteroatoms. The number of aliphatic hydroxyl groups excluding tert-OH is 1. The van der Waals surface area contributed by atoms with E-state index in [0.717, 1.165) is 0 Å². The van der Waals surface area contributed by atoms with Gasteiger partial charge in [0.25, 0.3) is 0 Å². The van der Waals surface area contributed by atoms with E-state index >= 15 is 0 Å². The summed E-state index contributed by atoms with van der Waals surface area (Å²) in [7, 11) is 0. The second-order valence-corrected chi connectivity index (χ2v) is 3.14. The number of carbonyl (C=O) groups excluding carboxylic acids is 1. The standard InChI is InChI=1S/C7H8.C6H10O3/c1-7-5-3-2-4-6-7;1-3-9-6(8)5(2)4-7/h2-6H,1H3;7H,2-4H2,1H3. The molecule has 0 aromatic heterocycles. The number of rotatable bonds is 3. The van der Waals surface area contributed by atoms with Crippen LogP contribution in [0.4, 0.5) is 0 Å². The number of hydrogen-bond donors (Lipinski definition) is 1. The van der Waals surface area contributed by atoms with Crippen LogP contribution in [0.3, 0.4) is 0 Å². The average Bonchev–Trinajstić information content (AvgIpc) is 2.30. The van der Waals surface area contributed by atoms with Crippen molar-refractivity contribution in [3.63, 3.8) is 0 Å². The molecule has 0 aliphatic carbocycles. The first-order valence-electron chi connectivity index (χ1n) is 5.09. The minimum absolute atomic E-state index is 0.0943. The van der Waals surface area contributed by atoms with Gasteiger partial charge in [-0.2, -0.15) is 0 Å². The predicted octanol–water partition coefficient (Wildman–Crippen LogP) is 2.09. The first-order valence-corrected chi connectivity index (χ1v) is 5.09. The summed E-state index contributed by atoms with van der Waals surface area (Å²) >= 11 is 0. The van der Waals surface area contributed by atoms with Crippen LogP contribution < -0.4 is 0 Å². The number of aryl methyl sites for hydroxylation is 1. The number of carbonyl (C=O) groups is 1. The predicted molar refractivity (Wildman–Crippen MR) is 64.0 cm³/mol. The number of aliphatic hydroxyl groups is 1. The Kier molecular flexibility index (Phi) is 7.81. The summed E-state index contributed by atoms with van der Waals surface area (Å²) in [5, 5.41) is 8.33. The molecule has 0 heterocycles. The monoisotopic (exact) mass is 222 g/mol. The molecule has 88 valence electrons. The topological polar surface area (TPSA) is 46.5 Å². The van der Waals surface area contributed by atoms with E-state index < -0.39 is 5.97 Å². The minimum Gasteiger partial charge on any atom is -0.463 e. The largest absolute Gasteiger partial charge is 0.463 e. The summed E-state index contributed by atoms with van der Waals surface area (Å²) in [6, 6.07) is 10.3. The van der Waals surface area contributed by atoms with Gasteiger partial charge in [0.05, 0.1) is 18.8 Å².